The SMILES string of the molecule is N#C[C@@H]1CCCN1C(=O)CN[C@@H]1CC[C@H](Oc2ccc(Cc3cc([C@@H]4O[C@H](CO)[C@@H](O)[C@H](O)[C@H]4O)ccc3Cl)cc2)C1. The Morgan fingerprint density at radius 3 is 2.62 bits per heavy atom. The lowest BCUT2D eigenvalue weighted by Gasteiger charge is -2.40. The number of carbonyl (C=O) groups is 1. The normalized spacial score (nSPS) is 31.2. The number of benzene rings is 2. The van der Waals surface area contributed by atoms with Crippen LogP contribution in [0, 0.1) is 11.3 Å². The van der Waals surface area contributed by atoms with E-state index in [1.165, 1.54) is 0 Å². The first-order valence-electron chi connectivity index (χ1n) is 14.5. The molecule has 2 aromatic rings. The molecule has 0 spiro atoms. The van der Waals surface area contributed by atoms with Gasteiger partial charge < -0.3 is 40.1 Å². The van der Waals surface area contributed by atoms with Crippen LogP contribution in [0.2, 0.25) is 5.02 Å². The zero-order chi connectivity index (χ0) is 29.8. The van der Waals surface area contributed by atoms with Crippen molar-refractivity contribution < 1.29 is 34.7 Å². The van der Waals surface area contributed by atoms with Crippen molar-refractivity contribution in [3.05, 3.63) is 64.2 Å². The molecule has 2 aliphatic heterocycles. The first-order chi connectivity index (χ1) is 20.3. The van der Waals surface area contributed by atoms with Crippen molar-refractivity contribution in [2.45, 2.75) is 87.2 Å². The summed E-state index contributed by atoms with van der Waals surface area (Å²) in [7, 11) is 0. The van der Waals surface area contributed by atoms with Gasteiger partial charge in [0.2, 0.25) is 5.91 Å². The Bertz CT molecular complexity index is 1270. The van der Waals surface area contributed by atoms with Crippen LogP contribution in [0.25, 0.3) is 0 Å². The van der Waals surface area contributed by atoms with Gasteiger partial charge in [-0.15, -0.1) is 0 Å². The van der Waals surface area contributed by atoms with Gasteiger partial charge in [-0.2, -0.15) is 5.26 Å². The van der Waals surface area contributed by atoms with Crippen LogP contribution in [0.3, 0.4) is 0 Å². The van der Waals surface area contributed by atoms with Crippen LogP contribution >= 0.6 is 11.6 Å². The number of carbonyl (C=O) groups excluding carboxylic acids is 1. The highest BCUT2D eigenvalue weighted by molar-refractivity contribution is 6.31. The molecule has 3 fully saturated rings. The van der Waals surface area contributed by atoms with Gasteiger partial charge in [-0.05, 0) is 73.4 Å². The van der Waals surface area contributed by atoms with E-state index in [-0.39, 0.29) is 30.6 Å². The van der Waals surface area contributed by atoms with Crippen molar-refractivity contribution in [2.75, 3.05) is 19.7 Å². The molecule has 226 valence electrons. The second kappa shape index (κ2) is 13.7. The van der Waals surface area contributed by atoms with Crippen molar-refractivity contribution in [1.82, 2.24) is 10.2 Å². The molecule has 11 heteroatoms. The minimum absolute atomic E-state index is 0.0159. The van der Waals surface area contributed by atoms with Crippen molar-refractivity contribution in [1.29, 1.82) is 5.26 Å². The summed E-state index contributed by atoms with van der Waals surface area (Å²) in [4.78, 5) is 14.2. The molecule has 5 rings (SSSR count). The smallest absolute Gasteiger partial charge is 0.237 e. The van der Waals surface area contributed by atoms with Gasteiger partial charge in [0, 0.05) is 17.6 Å². The summed E-state index contributed by atoms with van der Waals surface area (Å²) in [6.45, 7) is 0.405. The Kier molecular flexibility index (Phi) is 10.0. The van der Waals surface area contributed by atoms with E-state index >= 15 is 0 Å². The fourth-order valence-electron chi connectivity index (χ4n) is 6.15. The molecule has 0 aromatic heterocycles. The summed E-state index contributed by atoms with van der Waals surface area (Å²) in [6.07, 6.45) is -1.34. The van der Waals surface area contributed by atoms with Gasteiger partial charge in [0.1, 0.15) is 48.4 Å². The van der Waals surface area contributed by atoms with Crippen LogP contribution < -0.4 is 10.1 Å². The zero-order valence-corrected chi connectivity index (χ0v) is 24.1. The van der Waals surface area contributed by atoms with E-state index in [0.717, 1.165) is 49.0 Å². The zero-order valence-electron chi connectivity index (χ0n) is 23.3. The number of nitrogens with one attached hydrogen (secondary N) is 1. The van der Waals surface area contributed by atoms with Gasteiger partial charge in [-0.25, -0.2) is 0 Å². The number of nitrogens with zero attached hydrogens (tertiary/aromatic N) is 2. The Morgan fingerprint density at radius 1 is 1.10 bits per heavy atom. The Morgan fingerprint density at radius 2 is 1.88 bits per heavy atom. The molecule has 0 radical (unpaired) electrons. The molecule has 42 heavy (non-hydrogen) atoms. The fraction of sp³-hybridized carbons (Fsp3) is 0.548. The number of nitriles is 1. The van der Waals surface area contributed by atoms with Gasteiger partial charge in [0.25, 0.3) is 0 Å². The molecule has 2 heterocycles. The van der Waals surface area contributed by atoms with Crippen molar-refractivity contribution >= 4 is 17.5 Å². The number of rotatable bonds is 9. The molecule has 0 unspecified atom stereocenters. The van der Waals surface area contributed by atoms with E-state index in [0.29, 0.717) is 23.6 Å². The third kappa shape index (κ3) is 6.90. The molecule has 1 saturated carbocycles. The molecule has 3 aliphatic rings. The molecule has 5 N–H and O–H groups in total. The minimum Gasteiger partial charge on any atom is -0.490 e. The third-order valence-corrected chi connectivity index (χ3v) is 8.93. The summed E-state index contributed by atoms with van der Waals surface area (Å²) in [5, 5.41) is 53.4. The summed E-state index contributed by atoms with van der Waals surface area (Å²) in [6, 6.07) is 15.1. The van der Waals surface area contributed by atoms with Crippen molar-refractivity contribution in [2.24, 2.45) is 0 Å². The van der Waals surface area contributed by atoms with Gasteiger partial charge in [-0.3, -0.25) is 4.79 Å². The van der Waals surface area contributed by atoms with Gasteiger partial charge >= 0.3 is 0 Å². The second-order valence-electron chi connectivity index (χ2n) is 11.4. The van der Waals surface area contributed by atoms with Gasteiger partial charge in [-0.1, -0.05) is 35.9 Å². The van der Waals surface area contributed by atoms with Crippen LogP contribution in [0.15, 0.2) is 42.5 Å². The predicted molar refractivity (Wildman–Crippen MR) is 154 cm³/mol. The van der Waals surface area contributed by atoms with Gasteiger partial charge in [0.15, 0.2) is 0 Å². The van der Waals surface area contributed by atoms with Crippen LogP contribution in [-0.2, 0) is 16.0 Å². The number of amides is 1. The van der Waals surface area contributed by atoms with E-state index < -0.39 is 37.1 Å². The molecule has 1 aliphatic carbocycles. The average Bonchev–Trinajstić information content (AvgIpc) is 3.67. The Hall–Kier alpha value is -2.75. The largest absolute Gasteiger partial charge is 0.490 e. The maximum atomic E-state index is 12.5. The highest BCUT2D eigenvalue weighted by Gasteiger charge is 2.44. The highest BCUT2D eigenvalue weighted by atomic mass is 35.5. The van der Waals surface area contributed by atoms with Gasteiger partial charge in [0.05, 0.1) is 19.2 Å². The summed E-state index contributed by atoms with van der Waals surface area (Å²) in [5.74, 6) is 0.744. The van der Waals surface area contributed by atoms with Crippen LogP contribution in [-0.4, -0.2) is 93.5 Å². The number of aliphatic hydroxyl groups is 4. The maximum absolute atomic E-state index is 12.5. The summed E-state index contributed by atoms with van der Waals surface area (Å²) in [5.41, 5.74) is 2.38. The van der Waals surface area contributed by atoms with E-state index in [1.54, 1.807) is 23.1 Å². The molecule has 2 saturated heterocycles. The summed E-state index contributed by atoms with van der Waals surface area (Å²) < 4.78 is 11.9. The van der Waals surface area contributed by atoms with E-state index in [4.69, 9.17) is 21.1 Å². The quantitative estimate of drug-likeness (QED) is 0.290. The molecule has 8 atom stereocenters. The molecule has 10 nitrogen and oxygen atoms in total. The first-order valence-corrected chi connectivity index (χ1v) is 14.9. The number of halogens is 1. The van der Waals surface area contributed by atoms with E-state index in [1.807, 2.05) is 24.3 Å². The topological polar surface area (TPSA) is 156 Å². The average molecular weight is 600 g/mol. The van der Waals surface area contributed by atoms with E-state index in [2.05, 4.69) is 11.4 Å². The second-order valence-corrected chi connectivity index (χ2v) is 11.8. The summed E-state index contributed by atoms with van der Waals surface area (Å²) >= 11 is 6.48. The van der Waals surface area contributed by atoms with E-state index in [9.17, 15) is 30.5 Å². The fourth-order valence-corrected chi connectivity index (χ4v) is 6.33. The van der Waals surface area contributed by atoms with Crippen LogP contribution in [0.1, 0.15) is 54.9 Å². The number of ether oxygens (including phenoxy) is 2. The lowest BCUT2D eigenvalue weighted by molar-refractivity contribution is -0.231. The molecular weight excluding hydrogens is 562 g/mol. The highest BCUT2D eigenvalue weighted by Crippen LogP contribution is 2.34. The Balaban J connectivity index is 1.14. The lowest BCUT2D eigenvalue weighted by Crippen LogP contribution is -2.55. The first kappa shape index (κ1) is 30.7. The number of hydrogen-bond donors (Lipinski definition) is 5. The molecule has 0 bridgehead atoms. The number of likely N-dealkylation sites (tertiary alicyclic amines) is 1. The Labute approximate surface area is 250 Å². The van der Waals surface area contributed by atoms with Crippen molar-refractivity contribution in [3.63, 3.8) is 0 Å². The predicted octanol–water partition coefficient (Wildman–Crippen LogP) is 1.85. The minimum atomic E-state index is -1.45. The molecule has 1 amide bonds. The number of hydrogen-bond acceptors (Lipinski definition) is 9. The van der Waals surface area contributed by atoms with Crippen molar-refractivity contribution in [3.8, 4) is 11.8 Å². The third-order valence-electron chi connectivity index (χ3n) is 8.56. The van der Waals surface area contributed by atoms with Crippen LogP contribution in [0.5, 0.6) is 5.75 Å². The maximum Gasteiger partial charge on any atom is 0.237 e. The lowest BCUT2D eigenvalue weighted by atomic mass is 9.90. The van der Waals surface area contributed by atoms with Crippen LogP contribution in [0.4, 0.5) is 0 Å². The number of aliphatic hydroxyl groups excluding tert-OH is 4. The molecular formula is C31H38ClN3O7. The molecule has 2 aromatic carbocycles. The standard InChI is InChI=1S/C31H38ClN3O7/c32-25-10-5-19(31-30(40)29(39)28(38)26(17-36)42-31)13-20(25)12-18-3-7-23(8-4-18)41-24-9-6-21(14-24)34-16-27(37)35-11-1-2-22(35)15-33/h3-5,7-8,10,13,21-22,24,26,28-31,34,36,38-40H,1-2,6,9,11-12,14,16-17H2/t21-,22+,24+,26-,28-,29+,30-,31+/m1/s1. The monoisotopic (exact) mass is 599 g/mol.